The average molecular weight is 290 g/mol. The molecule has 2 unspecified atom stereocenters. The van der Waals surface area contributed by atoms with E-state index in [0.29, 0.717) is 25.7 Å². The van der Waals surface area contributed by atoms with E-state index in [1.165, 1.54) is 0 Å². The van der Waals surface area contributed by atoms with Crippen LogP contribution in [-0.4, -0.2) is 49.2 Å². The first-order valence-corrected chi connectivity index (χ1v) is 7.74. The van der Waals surface area contributed by atoms with Crippen LogP contribution < -0.4 is 4.90 Å². The van der Waals surface area contributed by atoms with Crippen molar-refractivity contribution in [3.05, 3.63) is 29.8 Å². The molecule has 1 heterocycles. The minimum atomic E-state index is 0.160. The summed E-state index contributed by atoms with van der Waals surface area (Å²) in [5, 5.41) is 0. The molecular weight excluding hydrogens is 264 g/mol. The third kappa shape index (κ3) is 3.83. The van der Waals surface area contributed by atoms with Gasteiger partial charge in [-0.15, -0.1) is 0 Å². The molecule has 1 saturated heterocycles. The van der Waals surface area contributed by atoms with E-state index in [4.69, 9.17) is 4.74 Å². The van der Waals surface area contributed by atoms with Crippen molar-refractivity contribution in [3.63, 3.8) is 0 Å². The number of benzene rings is 1. The summed E-state index contributed by atoms with van der Waals surface area (Å²) in [5.41, 5.74) is 2.15. The molecule has 2 atom stereocenters. The molecule has 1 fully saturated rings. The van der Waals surface area contributed by atoms with Crippen molar-refractivity contribution in [1.29, 1.82) is 0 Å². The van der Waals surface area contributed by atoms with Gasteiger partial charge in [0.1, 0.15) is 0 Å². The molecule has 21 heavy (non-hydrogen) atoms. The second-order valence-corrected chi connectivity index (χ2v) is 5.85. The predicted molar refractivity (Wildman–Crippen MR) is 85.7 cm³/mol. The lowest BCUT2D eigenvalue weighted by molar-refractivity contribution is -0.123. The highest BCUT2D eigenvalue weighted by Crippen LogP contribution is 2.20. The zero-order valence-corrected chi connectivity index (χ0v) is 13.5. The van der Waals surface area contributed by atoms with Gasteiger partial charge in [0.15, 0.2) is 0 Å². The number of nitrogens with zero attached hydrogens (tertiary/aromatic N) is 2. The van der Waals surface area contributed by atoms with Crippen molar-refractivity contribution >= 4 is 11.6 Å². The molecule has 0 aromatic heterocycles. The fraction of sp³-hybridized carbons (Fsp3) is 0.588. The Morgan fingerprint density at radius 1 is 1.38 bits per heavy atom. The highest BCUT2D eigenvalue weighted by Gasteiger charge is 2.27. The van der Waals surface area contributed by atoms with Gasteiger partial charge < -0.3 is 9.64 Å². The summed E-state index contributed by atoms with van der Waals surface area (Å²) in [5.74, 6) is 0.160. The van der Waals surface area contributed by atoms with Crippen LogP contribution in [0.4, 0.5) is 5.69 Å². The van der Waals surface area contributed by atoms with Crippen molar-refractivity contribution < 1.29 is 9.53 Å². The Balaban J connectivity index is 2.08. The molecule has 0 radical (unpaired) electrons. The van der Waals surface area contributed by atoms with Crippen molar-refractivity contribution in [1.82, 2.24) is 4.90 Å². The lowest BCUT2D eigenvalue weighted by Gasteiger charge is -2.37. The second kappa shape index (κ2) is 7.05. The van der Waals surface area contributed by atoms with Gasteiger partial charge in [-0.2, -0.15) is 0 Å². The highest BCUT2D eigenvalue weighted by molar-refractivity contribution is 5.95. The van der Waals surface area contributed by atoms with Gasteiger partial charge >= 0.3 is 0 Å². The molecule has 0 saturated carbocycles. The predicted octanol–water partition coefficient (Wildman–Crippen LogP) is 2.46. The second-order valence-electron chi connectivity index (χ2n) is 5.85. The van der Waals surface area contributed by atoms with Gasteiger partial charge in [-0.25, -0.2) is 0 Å². The van der Waals surface area contributed by atoms with Crippen LogP contribution in [0.1, 0.15) is 26.3 Å². The summed E-state index contributed by atoms with van der Waals surface area (Å²) in [6.07, 6.45) is 0.197. The normalized spacial score (nSPS) is 23.0. The Morgan fingerprint density at radius 2 is 2.10 bits per heavy atom. The Bertz CT molecular complexity index is 489. The van der Waals surface area contributed by atoms with E-state index >= 15 is 0 Å². The number of morpholine rings is 1. The SMILES string of the molecule is CCN(C(=O)CN1CC(C)OCC1C)c1ccccc1C. The van der Waals surface area contributed by atoms with Gasteiger partial charge in [-0.1, -0.05) is 18.2 Å². The van der Waals surface area contributed by atoms with E-state index < -0.39 is 0 Å². The topological polar surface area (TPSA) is 32.8 Å². The van der Waals surface area contributed by atoms with Crippen LogP contribution in [0.2, 0.25) is 0 Å². The molecule has 0 bridgehead atoms. The van der Waals surface area contributed by atoms with Crippen LogP contribution in [0.15, 0.2) is 24.3 Å². The Morgan fingerprint density at radius 3 is 2.76 bits per heavy atom. The fourth-order valence-corrected chi connectivity index (χ4v) is 2.80. The average Bonchev–Trinajstić information content (AvgIpc) is 2.46. The van der Waals surface area contributed by atoms with Gasteiger partial charge in [0.25, 0.3) is 0 Å². The molecule has 4 heteroatoms. The molecule has 116 valence electrons. The number of carbonyl (C=O) groups excluding carboxylic acids is 1. The van der Waals surface area contributed by atoms with Gasteiger partial charge in [-0.3, -0.25) is 9.69 Å². The number of carbonyl (C=O) groups is 1. The van der Waals surface area contributed by atoms with Crippen molar-refractivity contribution in [2.45, 2.75) is 39.8 Å². The van der Waals surface area contributed by atoms with E-state index in [-0.39, 0.29) is 12.0 Å². The molecular formula is C17H26N2O2. The van der Waals surface area contributed by atoms with E-state index in [9.17, 15) is 4.79 Å². The van der Waals surface area contributed by atoms with Gasteiger partial charge in [0.05, 0.1) is 19.3 Å². The molecule has 4 nitrogen and oxygen atoms in total. The quantitative estimate of drug-likeness (QED) is 0.854. The van der Waals surface area contributed by atoms with Crippen LogP contribution in [0.25, 0.3) is 0 Å². The summed E-state index contributed by atoms with van der Waals surface area (Å²) in [7, 11) is 0. The monoisotopic (exact) mass is 290 g/mol. The largest absolute Gasteiger partial charge is 0.376 e. The maximum absolute atomic E-state index is 12.7. The molecule has 1 aliphatic heterocycles. The zero-order valence-electron chi connectivity index (χ0n) is 13.5. The third-order valence-corrected chi connectivity index (χ3v) is 4.10. The van der Waals surface area contributed by atoms with Crippen LogP contribution in [0.3, 0.4) is 0 Å². The van der Waals surface area contributed by atoms with Gasteiger partial charge in [-0.05, 0) is 39.3 Å². The Kier molecular flexibility index (Phi) is 5.37. The summed E-state index contributed by atoms with van der Waals surface area (Å²) >= 11 is 0. The molecule has 1 aromatic rings. The van der Waals surface area contributed by atoms with Gasteiger partial charge in [0.2, 0.25) is 5.91 Å². The molecule has 0 aliphatic carbocycles. The minimum Gasteiger partial charge on any atom is -0.376 e. The van der Waals surface area contributed by atoms with E-state index in [0.717, 1.165) is 17.8 Å². The standard InChI is InChI=1S/C17H26N2O2/c1-5-19(16-9-7-6-8-13(16)2)17(20)11-18-10-15(4)21-12-14(18)3/h6-9,14-15H,5,10-12H2,1-4H3. The molecule has 1 aliphatic rings. The minimum absolute atomic E-state index is 0.160. The molecule has 0 N–H and O–H groups in total. The van der Waals surface area contributed by atoms with Crippen molar-refractivity contribution in [3.8, 4) is 0 Å². The number of hydrogen-bond donors (Lipinski definition) is 0. The third-order valence-electron chi connectivity index (χ3n) is 4.10. The first-order valence-electron chi connectivity index (χ1n) is 7.74. The van der Waals surface area contributed by atoms with E-state index in [2.05, 4.69) is 18.7 Å². The number of ether oxygens (including phenoxy) is 1. The number of aryl methyl sites for hydroxylation is 1. The maximum atomic E-state index is 12.7. The van der Waals surface area contributed by atoms with Crippen molar-refractivity contribution in [2.24, 2.45) is 0 Å². The number of anilines is 1. The number of rotatable bonds is 4. The van der Waals surface area contributed by atoms with Crippen LogP contribution in [-0.2, 0) is 9.53 Å². The fourth-order valence-electron chi connectivity index (χ4n) is 2.80. The smallest absolute Gasteiger partial charge is 0.241 e. The van der Waals surface area contributed by atoms with Crippen molar-refractivity contribution in [2.75, 3.05) is 31.1 Å². The van der Waals surface area contributed by atoms with Crippen LogP contribution in [0.5, 0.6) is 0 Å². The molecule has 1 aromatic carbocycles. The Hall–Kier alpha value is -1.39. The summed E-state index contributed by atoms with van der Waals surface area (Å²) in [6.45, 7) is 10.9. The number of amides is 1. The molecule has 2 rings (SSSR count). The molecule has 1 amide bonds. The van der Waals surface area contributed by atoms with Crippen LogP contribution in [0, 0.1) is 6.92 Å². The first-order chi connectivity index (χ1) is 10.0. The number of para-hydroxylation sites is 1. The lowest BCUT2D eigenvalue weighted by atomic mass is 10.1. The highest BCUT2D eigenvalue weighted by atomic mass is 16.5. The summed E-state index contributed by atoms with van der Waals surface area (Å²) in [6, 6.07) is 8.34. The van der Waals surface area contributed by atoms with E-state index in [1.807, 2.05) is 43.0 Å². The molecule has 0 spiro atoms. The number of hydrogen-bond acceptors (Lipinski definition) is 3. The summed E-state index contributed by atoms with van der Waals surface area (Å²) < 4.78 is 5.63. The lowest BCUT2D eigenvalue weighted by Crippen LogP contribution is -2.51. The summed E-state index contributed by atoms with van der Waals surface area (Å²) in [4.78, 5) is 16.8. The van der Waals surface area contributed by atoms with Crippen LogP contribution >= 0.6 is 0 Å². The Labute approximate surface area is 127 Å². The van der Waals surface area contributed by atoms with E-state index in [1.54, 1.807) is 0 Å². The first kappa shape index (κ1) is 16.0. The zero-order chi connectivity index (χ0) is 15.4. The number of likely N-dealkylation sites (N-methyl/N-ethyl adjacent to an activating group) is 1. The van der Waals surface area contributed by atoms with Gasteiger partial charge in [0, 0.05) is 24.8 Å². The maximum Gasteiger partial charge on any atom is 0.241 e.